The van der Waals surface area contributed by atoms with Crippen LogP contribution < -0.4 is 10.1 Å². The summed E-state index contributed by atoms with van der Waals surface area (Å²) in [5.74, 6) is 1.66. The molecule has 0 saturated heterocycles. The van der Waals surface area contributed by atoms with Gasteiger partial charge in [-0.1, -0.05) is 25.1 Å². The summed E-state index contributed by atoms with van der Waals surface area (Å²) in [7, 11) is 3.69. The minimum Gasteiger partial charge on any atom is -0.493 e. The summed E-state index contributed by atoms with van der Waals surface area (Å²) in [5.41, 5.74) is 4.82. The molecule has 2 aromatic rings. The Morgan fingerprint density at radius 3 is 2.61 bits per heavy atom. The van der Waals surface area contributed by atoms with E-state index in [1.54, 1.807) is 7.11 Å². The van der Waals surface area contributed by atoms with Gasteiger partial charge in [0, 0.05) is 38.3 Å². The van der Waals surface area contributed by atoms with Gasteiger partial charge in [-0.05, 0) is 85.4 Å². The fraction of sp³-hybridized carbons (Fsp3) is 0.536. The van der Waals surface area contributed by atoms with E-state index in [4.69, 9.17) is 9.47 Å². The van der Waals surface area contributed by atoms with Crippen LogP contribution in [0.15, 0.2) is 42.5 Å². The third kappa shape index (κ3) is 6.36. The van der Waals surface area contributed by atoms with Crippen LogP contribution in [0.5, 0.6) is 5.75 Å². The van der Waals surface area contributed by atoms with E-state index in [9.17, 15) is 4.79 Å². The molecule has 2 unspecified atom stereocenters. The Kier molecular flexibility index (Phi) is 8.05. The number of methoxy groups -OCH3 is 1. The van der Waals surface area contributed by atoms with Crippen LogP contribution in [0.25, 0.3) is 0 Å². The normalized spacial score (nSPS) is 18.5. The Balaban J connectivity index is 1.32. The topological polar surface area (TPSA) is 50.8 Å². The summed E-state index contributed by atoms with van der Waals surface area (Å²) >= 11 is 0. The maximum absolute atomic E-state index is 13.1. The molecule has 1 saturated carbocycles. The lowest BCUT2D eigenvalue weighted by Crippen LogP contribution is -2.40. The van der Waals surface area contributed by atoms with Gasteiger partial charge < -0.3 is 19.7 Å². The summed E-state index contributed by atoms with van der Waals surface area (Å²) < 4.78 is 11.1. The van der Waals surface area contributed by atoms with E-state index in [1.165, 1.54) is 29.5 Å². The Morgan fingerprint density at radius 1 is 1.12 bits per heavy atom. The number of carbonyl (C=O) groups is 1. The zero-order valence-corrected chi connectivity index (χ0v) is 20.3. The molecule has 0 aliphatic heterocycles. The van der Waals surface area contributed by atoms with E-state index < -0.39 is 0 Å². The Labute approximate surface area is 198 Å². The minimum absolute atomic E-state index is 0.0850. The Hall–Kier alpha value is -2.37. The molecule has 0 spiro atoms. The highest BCUT2D eigenvalue weighted by Crippen LogP contribution is 2.30. The van der Waals surface area contributed by atoms with E-state index in [-0.39, 0.29) is 11.9 Å². The molecule has 5 heteroatoms. The third-order valence-electron chi connectivity index (χ3n) is 7.08. The average molecular weight is 451 g/mol. The quantitative estimate of drug-likeness (QED) is 0.543. The maximum Gasteiger partial charge on any atom is 0.253 e. The number of hydrogen-bond donors (Lipinski definition) is 1. The molecule has 4 rings (SSSR count). The van der Waals surface area contributed by atoms with Crippen LogP contribution in [0.2, 0.25) is 0 Å². The average Bonchev–Trinajstić information content (AvgIpc) is 3.69. The molecule has 0 aromatic heterocycles. The summed E-state index contributed by atoms with van der Waals surface area (Å²) in [6.45, 7) is 4.56. The smallest absolute Gasteiger partial charge is 0.253 e. The van der Waals surface area contributed by atoms with Crippen molar-refractivity contribution in [3.05, 3.63) is 64.7 Å². The van der Waals surface area contributed by atoms with Gasteiger partial charge in [0.1, 0.15) is 5.75 Å². The molecule has 2 aliphatic carbocycles. The van der Waals surface area contributed by atoms with Crippen LogP contribution in [0, 0.1) is 5.92 Å². The zero-order chi connectivity index (χ0) is 23.2. The van der Waals surface area contributed by atoms with Crippen molar-refractivity contribution in [2.45, 2.75) is 64.1 Å². The predicted molar refractivity (Wildman–Crippen MR) is 132 cm³/mol. The van der Waals surface area contributed by atoms with E-state index in [0.29, 0.717) is 6.04 Å². The number of fused-ring (bicyclic) bond motifs is 1. The first-order valence-electron chi connectivity index (χ1n) is 12.4. The highest BCUT2D eigenvalue weighted by molar-refractivity contribution is 5.94. The van der Waals surface area contributed by atoms with Gasteiger partial charge in [0.25, 0.3) is 5.91 Å². The van der Waals surface area contributed by atoms with Crippen LogP contribution in [-0.4, -0.2) is 50.3 Å². The van der Waals surface area contributed by atoms with Crippen molar-refractivity contribution in [1.29, 1.82) is 0 Å². The van der Waals surface area contributed by atoms with Gasteiger partial charge in [0.05, 0.1) is 13.2 Å². The van der Waals surface area contributed by atoms with Crippen molar-refractivity contribution in [2.24, 2.45) is 5.92 Å². The molecule has 0 heterocycles. The van der Waals surface area contributed by atoms with Gasteiger partial charge in [-0.3, -0.25) is 4.79 Å². The molecule has 2 aliphatic rings. The van der Waals surface area contributed by atoms with Crippen molar-refractivity contribution in [2.75, 3.05) is 27.4 Å². The number of carbonyl (C=O) groups excluding carboxylic acids is 1. The monoisotopic (exact) mass is 450 g/mol. The van der Waals surface area contributed by atoms with Crippen LogP contribution >= 0.6 is 0 Å². The van der Waals surface area contributed by atoms with E-state index in [1.807, 2.05) is 36.2 Å². The van der Waals surface area contributed by atoms with E-state index in [0.717, 1.165) is 62.7 Å². The van der Waals surface area contributed by atoms with Crippen molar-refractivity contribution in [1.82, 2.24) is 10.2 Å². The van der Waals surface area contributed by atoms with Gasteiger partial charge in [-0.15, -0.1) is 0 Å². The van der Waals surface area contributed by atoms with Crippen LogP contribution in [-0.2, 0) is 24.1 Å². The molecule has 0 radical (unpaired) electrons. The van der Waals surface area contributed by atoms with Gasteiger partial charge in [0.2, 0.25) is 0 Å². The molecule has 2 aromatic carbocycles. The fourth-order valence-electron chi connectivity index (χ4n) is 4.58. The largest absolute Gasteiger partial charge is 0.493 e. The van der Waals surface area contributed by atoms with Crippen LogP contribution in [0.3, 0.4) is 0 Å². The molecular formula is C28H38N2O3. The van der Waals surface area contributed by atoms with Crippen molar-refractivity contribution < 1.29 is 14.3 Å². The summed E-state index contributed by atoms with van der Waals surface area (Å²) in [4.78, 5) is 15.0. The molecule has 33 heavy (non-hydrogen) atoms. The molecular weight excluding hydrogens is 412 g/mol. The molecule has 0 bridgehead atoms. The van der Waals surface area contributed by atoms with Crippen molar-refractivity contribution in [3.8, 4) is 5.75 Å². The highest BCUT2D eigenvalue weighted by Gasteiger charge is 2.26. The first-order chi connectivity index (χ1) is 16.1. The standard InChI is InChI=1S/C28H38N2O3/c1-4-25(19-32-3)29-17-21-7-8-24-16-26(12-9-23(24)15-21)30(2)28(31)22-10-13-27(14-11-22)33-18-20-5-6-20/h7-8,10-11,13-15,20,25-26,29H,4-6,9,12,16-19H2,1-3H3. The number of hydrogen-bond acceptors (Lipinski definition) is 4. The number of ether oxygens (including phenoxy) is 2. The first kappa shape index (κ1) is 23.8. The van der Waals surface area contributed by atoms with Gasteiger partial charge in [0.15, 0.2) is 0 Å². The van der Waals surface area contributed by atoms with Crippen molar-refractivity contribution in [3.63, 3.8) is 0 Å². The molecule has 5 nitrogen and oxygen atoms in total. The highest BCUT2D eigenvalue weighted by atomic mass is 16.5. The minimum atomic E-state index is 0.0850. The zero-order valence-electron chi connectivity index (χ0n) is 20.3. The van der Waals surface area contributed by atoms with Crippen LogP contribution in [0.1, 0.15) is 59.7 Å². The SMILES string of the molecule is CCC(COC)NCc1ccc2c(c1)CCC(N(C)C(=O)c1ccc(OCC3CC3)cc1)C2. The van der Waals surface area contributed by atoms with Gasteiger partial charge in [-0.25, -0.2) is 0 Å². The second-order valence-electron chi connectivity index (χ2n) is 9.64. The molecule has 178 valence electrons. The third-order valence-corrected chi connectivity index (χ3v) is 7.08. The lowest BCUT2D eigenvalue weighted by atomic mass is 9.86. The van der Waals surface area contributed by atoms with Crippen molar-refractivity contribution >= 4 is 5.91 Å². The number of nitrogens with zero attached hydrogens (tertiary/aromatic N) is 1. The predicted octanol–water partition coefficient (Wildman–Crippen LogP) is 4.62. The molecule has 1 amide bonds. The fourth-order valence-corrected chi connectivity index (χ4v) is 4.58. The Morgan fingerprint density at radius 2 is 1.91 bits per heavy atom. The second-order valence-corrected chi connectivity index (χ2v) is 9.64. The number of likely N-dealkylation sites (N-methyl/N-ethyl adjacent to an activating group) is 1. The summed E-state index contributed by atoms with van der Waals surface area (Å²) in [6.07, 6.45) is 6.52. The van der Waals surface area contributed by atoms with Gasteiger partial charge >= 0.3 is 0 Å². The lowest BCUT2D eigenvalue weighted by molar-refractivity contribution is 0.0719. The molecule has 1 fully saturated rings. The first-order valence-corrected chi connectivity index (χ1v) is 12.4. The number of rotatable bonds is 11. The molecule has 1 N–H and O–H groups in total. The van der Waals surface area contributed by atoms with E-state index >= 15 is 0 Å². The molecule has 2 atom stereocenters. The number of amides is 1. The summed E-state index contributed by atoms with van der Waals surface area (Å²) in [6, 6.07) is 15.0. The number of benzene rings is 2. The maximum atomic E-state index is 13.1. The second kappa shape index (κ2) is 11.2. The van der Waals surface area contributed by atoms with E-state index in [2.05, 4.69) is 30.4 Å². The Bertz CT molecular complexity index is 923. The number of aryl methyl sites for hydroxylation is 1. The van der Waals surface area contributed by atoms with Crippen LogP contribution in [0.4, 0.5) is 0 Å². The van der Waals surface area contributed by atoms with Gasteiger partial charge in [-0.2, -0.15) is 0 Å². The number of nitrogens with one attached hydrogen (secondary N) is 1. The summed E-state index contributed by atoms with van der Waals surface area (Å²) in [5, 5.41) is 3.59. The lowest BCUT2D eigenvalue weighted by Gasteiger charge is -2.33.